The minimum Gasteiger partial charge on any atom is -0.494 e. The van der Waals surface area contributed by atoms with Gasteiger partial charge in [0.1, 0.15) is 5.75 Å². The van der Waals surface area contributed by atoms with Crippen molar-refractivity contribution in [2.75, 3.05) is 11.5 Å². The first-order valence-corrected chi connectivity index (χ1v) is 11.4. The lowest BCUT2D eigenvalue weighted by atomic mass is 9.73. The van der Waals surface area contributed by atoms with Gasteiger partial charge in [0.15, 0.2) is 5.78 Å². The number of hydrogen-bond donors (Lipinski definition) is 0. The summed E-state index contributed by atoms with van der Waals surface area (Å²) in [5, 5.41) is 0. The first kappa shape index (κ1) is 21.1. The molecule has 2 atom stereocenters. The molecule has 2 aliphatic rings. The van der Waals surface area contributed by atoms with Crippen molar-refractivity contribution < 1.29 is 14.3 Å². The topological polar surface area (TPSA) is 59.5 Å². The molecule has 1 aliphatic carbocycles. The van der Waals surface area contributed by atoms with Crippen molar-refractivity contribution in [2.24, 2.45) is 0 Å². The van der Waals surface area contributed by atoms with Gasteiger partial charge in [-0.1, -0.05) is 30.3 Å². The lowest BCUT2D eigenvalue weighted by Crippen LogP contribution is -2.41. The normalized spacial score (nSPS) is 20.6. The van der Waals surface area contributed by atoms with Crippen LogP contribution in [0.2, 0.25) is 0 Å². The maximum Gasteiger partial charge on any atom is 0.232 e. The molecule has 5 heteroatoms. The van der Waals surface area contributed by atoms with E-state index in [1.54, 1.807) is 17.3 Å². The van der Waals surface area contributed by atoms with E-state index in [9.17, 15) is 9.59 Å². The first-order valence-electron chi connectivity index (χ1n) is 11.4. The molecule has 0 radical (unpaired) electrons. The van der Waals surface area contributed by atoms with Crippen LogP contribution < -0.4 is 9.64 Å². The first-order chi connectivity index (χ1) is 16.2. The smallest absolute Gasteiger partial charge is 0.232 e. The summed E-state index contributed by atoms with van der Waals surface area (Å²) in [6.45, 7) is 2.52. The van der Waals surface area contributed by atoms with Gasteiger partial charge in [-0.25, -0.2) is 0 Å². The zero-order valence-electron chi connectivity index (χ0n) is 18.6. The van der Waals surface area contributed by atoms with Gasteiger partial charge in [0.2, 0.25) is 5.91 Å². The molecule has 166 valence electrons. The fourth-order valence-corrected chi connectivity index (χ4v) is 5.03. The van der Waals surface area contributed by atoms with Crippen molar-refractivity contribution in [3.63, 3.8) is 0 Å². The monoisotopic (exact) mass is 438 g/mol. The minimum atomic E-state index is -0.237. The second-order valence-electron chi connectivity index (χ2n) is 8.49. The number of hydrogen-bond acceptors (Lipinski definition) is 4. The molecular formula is C28H26N2O3. The van der Waals surface area contributed by atoms with Crippen molar-refractivity contribution in [1.82, 2.24) is 4.98 Å². The molecule has 0 fully saturated rings. The summed E-state index contributed by atoms with van der Waals surface area (Å²) in [5.74, 6) is 0.693. The van der Waals surface area contributed by atoms with Crippen LogP contribution in [0, 0.1) is 0 Å². The van der Waals surface area contributed by atoms with E-state index in [2.05, 4.69) is 17.1 Å². The average molecular weight is 439 g/mol. The summed E-state index contributed by atoms with van der Waals surface area (Å²) in [5.41, 5.74) is 4.45. The van der Waals surface area contributed by atoms with Crippen LogP contribution in [0.4, 0.5) is 5.69 Å². The second kappa shape index (κ2) is 9.02. The molecule has 0 spiro atoms. The number of carbonyl (C=O) groups is 2. The van der Waals surface area contributed by atoms with Gasteiger partial charge in [0, 0.05) is 48.1 Å². The third-order valence-corrected chi connectivity index (χ3v) is 6.51. The molecule has 1 amide bonds. The Bertz CT molecular complexity index is 1190. The molecule has 1 aliphatic heterocycles. The van der Waals surface area contributed by atoms with Crippen LogP contribution in [0.5, 0.6) is 5.75 Å². The fourth-order valence-electron chi connectivity index (χ4n) is 5.03. The van der Waals surface area contributed by atoms with E-state index in [-0.39, 0.29) is 29.9 Å². The van der Waals surface area contributed by atoms with Crippen LogP contribution in [0.25, 0.3) is 0 Å². The number of benzene rings is 2. The van der Waals surface area contributed by atoms with Crippen LogP contribution in [-0.2, 0) is 9.59 Å². The molecule has 1 aromatic heterocycles. The Labute approximate surface area is 193 Å². The molecule has 0 saturated carbocycles. The average Bonchev–Trinajstić information content (AvgIpc) is 2.85. The minimum absolute atomic E-state index is 0.00114. The molecule has 33 heavy (non-hydrogen) atoms. The second-order valence-corrected chi connectivity index (χ2v) is 8.49. The number of nitrogens with zero attached hydrogens (tertiary/aromatic N) is 2. The Kier molecular flexibility index (Phi) is 5.78. The van der Waals surface area contributed by atoms with Gasteiger partial charge < -0.3 is 4.74 Å². The SMILES string of the molecule is CCOc1ccc(N2C(=O)CC(c3ccncc3)C3=C2CC(c2ccccc2)CC3=O)cc1. The predicted octanol–water partition coefficient (Wildman–Crippen LogP) is 5.40. The number of anilines is 1. The zero-order valence-corrected chi connectivity index (χ0v) is 18.6. The van der Waals surface area contributed by atoms with E-state index in [4.69, 9.17) is 4.74 Å². The molecule has 2 unspecified atom stereocenters. The largest absolute Gasteiger partial charge is 0.494 e. The van der Waals surface area contributed by atoms with Crippen LogP contribution in [0.15, 0.2) is 90.4 Å². The number of rotatable bonds is 5. The van der Waals surface area contributed by atoms with Crippen molar-refractivity contribution in [2.45, 2.75) is 38.0 Å². The number of Topliss-reactive ketones (excluding diaryl/α,β-unsaturated/α-hetero) is 1. The summed E-state index contributed by atoms with van der Waals surface area (Å²) in [6.07, 6.45) is 4.80. The number of ketones is 1. The quantitative estimate of drug-likeness (QED) is 0.535. The lowest BCUT2D eigenvalue weighted by molar-refractivity contribution is -0.120. The number of pyridine rings is 1. The zero-order chi connectivity index (χ0) is 22.8. The Morgan fingerprint density at radius 2 is 1.61 bits per heavy atom. The molecule has 3 aromatic rings. The number of allylic oxidation sites excluding steroid dienone is 2. The van der Waals surface area contributed by atoms with E-state index < -0.39 is 0 Å². The Hall–Kier alpha value is -3.73. The van der Waals surface area contributed by atoms with Gasteiger partial charge in [0.25, 0.3) is 0 Å². The van der Waals surface area contributed by atoms with E-state index in [1.165, 1.54) is 0 Å². The molecule has 2 heterocycles. The predicted molar refractivity (Wildman–Crippen MR) is 127 cm³/mol. The van der Waals surface area contributed by atoms with E-state index in [0.29, 0.717) is 19.4 Å². The van der Waals surface area contributed by atoms with Gasteiger partial charge in [-0.05, 0) is 66.8 Å². The van der Waals surface area contributed by atoms with Gasteiger partial charge in [-0.15, -0.1) is 0 Å². The van der Waals surface area contributed by atoms with E-state index in [1.807, 2.05) is 61.5 Å². The third kappa shape index (κ3) is 4.07. The van der Waals surface area contributed by atoms with Crippen molar-refractivity contribution in [3.05, 3.63) is 102 Å². The maximum atomic E-state index is 13.6. The van der Waals surface area contributed by atoms with Gasteiger partial charge in [-0.2, -0.15) is 0 Å². The van der Waals surface area contributed by atoms with Crippen molar-refractivity contribution in [1.29, 1.82) is 0 Å². The van der Waals surface area contributed by atoms with Crippen molar-refractivity contribution in [3.8, 4) is 5.75 Å². The van der Waals surface area contributed by atoms with Gasteiger partial charge in [0.05, 0.1) is 6.61 Å². The van der Waals surface area contributed by atoms with E-state index in [0.717, 1.165) is 33.8 Å². The van der Waals surface area contributed by atoms with Crippen molar-refractivity contribution >= 4 is 17.4 Å². The molecule has 5 rings (SSSR count). The van der Waals surface area contributed by atoms with Crippen LogP contribution >= 0.6 is 0 Å². The summed E-state index contributed by atoms with van der Waals surface area (Å²) in [4.78, 5) is 33.0. The lowest BCUT2D eigenvalue weighted by Gasteiger charge is -2.40. The highest BCUT2D eigenvalue weighted by Crippen LogP contribution is 2.46. The Morgan fingerprint density at radius 3 is 2.30 bits per heavy atom. The Balaban J connectivity index is 1.61. The third-order valence-electron chi connectivity index (χ3n) is 6.51. The number of aromatic nitrogens is 1. The standard InChI is InChI=1S/C28H26N2O3/c1-2-33-23-10-8-22(9-11-23)30-25-16-21(19-6-4-3-5-7-19)17-26(31)28(25)24(18-27(30)32)20-12-14-29-15-13-20/h3-15,21,24H,2,16-18H2,1H3. The number of carbonyl (C=O) groups excluding carboxylic acids is 2. The highest BCUT2D eigenvalue weighted by molar-refractivity contribution is 6.07. The van der Waals surface area contributed by atoms with Crippen LogP contribution in [0.3, 0.4) is 0 Å². The number of amides is 1. The van der Waals surface area contributed by atoms with Gasteiger partial charge in [-0.3, -0.25) is 19.5 Å². The van der Waals surface area contributed by atoms with Crippen LogP contribution in [-0.4, -0.2) is 23.3 Å². The Morgan fingerprint density at radius 1 is 0.879 bits per heavy atom. The van der Waals surface area contributed by atoms with Crippen LogP contribution in [0.1, 0.15) is 49.1 Å². The summed E-state index contributed by atoms with van der Waals surface area (Å²) in [6, 6.07) is 21.5. The fraction of sp³-hybridized carbons (Fsp3) is 0.250. The van der Waals surface area contributed by atoms with E-state index >= 15 is 0 Å². The number of ether oxygens (including phenoxy) is 1. The molecule has 0 saturated heterocycles. The highest BCUT2D eigenvalue weighted by atomic mass is 16.5. The molecule has 0 N–H and O–H groups in total. The summed E-state index contributed by atoms with van der Waals surface area (Å²) >= 11 is 0. The summed E-state index contributed by atoms with van der Waals surface area (Å²) < 4.78 is 5.57. The molecule has 2 aromatic carbocycles. The summed E-state index contributed by atoms with van der Waals surface area (Å²) in [7, 11) is 0. The molecule has 5 nitrogen and oxygen atoms in total. The highest BCUT2D eigenvalue weighted by Gasteiger charge is 2.42. The van der Waals surface area contributed by atoms with Gasteiger partial charge >= 0.3 is 0 Å². The molecular weight excluding hydrogens is 412 g/mol. The maximum absolute atomic E-state index is 13.6. The molecule has 0 bridgehead atoms.